The molecule has 5 heteroatoms. The lowest BCUT2D eigenvalue weighted by Gasteiger charge is -2.20. The number of hydrogen-bond acceptors (Lipinski definition) is 3. The Morgan fingerprint density at radius 3 is 2.45 bits per heavy atom. The molecule has 0 saturated heterocycles. The van der Waals surface area contributed by atoms with E-state index >= 15 is 0 Å². The summed E-state index contributed by atoms with van der Waals surface area (Å²) in [7, 11) is 0. The van der Waals surface area contributed by atoms with E-state index in [9.17, 15) is 14.4 Å². The average Bonchev–Trinajstić information content (AvgIpc) is 2.45. The number of rotatable bonds is 5. The van der Waals surface area contributed by atoms with Crippen LogP contribution in [0.3, 0.4) is 0 Å². The molecule has 1 rings (SSSR count). The summed E-state index contributed by atoms with van der Waals surface area (Å²) in [5, 5.41) is 0.995. The molecule has 0 saturated carbocycles. The molecule has 20 heavy (non-hydrogen) atoms. The van der Waals surface area contributed by atoms with Gasteiger partial charge in [-0.1, -0.05) is 44.2 Å². The van der Waals surface area contributed by atoms with Gasteiger partial charge in [0.2, 0.25) is 5.91 Å². The van der Waals surface area contributed by atoms with E-state index in [2.05, 4.69) is 5.43 Å². The van der Waals surface area contributed by atoms with Crippen LogP contribution in [-0.2, 0) is 14.4 Å². The first-order valence-electron chi connectivity index (χ1n) is 6.33. The highest BCUT2D eigenvalue weighted by molar-refractivity contribution is 5.94. The van der Waals surface area contributed by atoms with Gasteiger partial charge in [0, 0.05) is 12.0 Å². The Morgan fingerprint density at radius 2 is 1.90 bits per heavy atom. The SMILES string of the molecule is CC(C)C(=O)NN(CC=O)C(=O)/C=C/c1ccccc1. The maximum Gasteiger partial charge on any atom is 0.265 e. The van der Waals surface area contributed by atoms with Crippen molar-refractivity contribution in [2.45, 2.75) is 13.8 Å². The highest BCUT2D eigenvalue weighted by atomic mass is 16.2. The summed E-state index contributed by atoms with van der Waals surface area (Å²) in [6.07, 6.45) is 3.51. The Morgan fingerprint density at radius 1 is 1.25 bits per heavy atom. The summed E-state index contributed by atoms with van der Waals surface area (Å²) in [6, 6.07) is 9.28. The summed E-state index contributed by atoms with van der Waals surface area (Å²) >= 11 is 0. The van der Waals surface area contributed by atoms with Gasteiger partial charge in [0.05, 0.1) is 6.54 Å². The number of nitrogens with one attached hydrogen (secondary N) is 1. The van der Waals surface area contributed by atoms with Crippen molar-refractivity contribution in [3.63, 3.8) is 0 Å². The maximum atomic E-state index is 11.9. The van der Waals surface area contributed by atoms with Crippen LogP contribution in [0.2, 0.25) is 0 Å². The van der Waals surface area contributed by atoms with Crippen molar-refractivity contribution in [2.24, 2.45) is 5.92 Å². The lowest BCUT2D eigenvalue weighted by Crippen LogP contribution is -2.47. The van der Waals surface area contributed by atoms with Crippen LogP contribution in [0.15, 0.2) is 36.4 Å². The van der Waals surface area contributed by atoms with Gasteiger partial charge in [0.1, 0.15) is 6.29 Å². The third kappa shape index (κ3) is 5.06. The predicted octanol–water partition coefficient (Wildman–Crippen LogP) is 1.41. The minimum absolute atomic E-state index is 0.184. The topological polar surface area (TPSA) is 66.5 Å². The second-order valence-corrected chi connectivity index (χ2v) is 4.49. The minimum Gasteiger partial charge on any atom is -0.301 e. The van der Waals surface area contributed by atoms with E-state index < -0.39 is 5.91 Å². The molecule has 1 aromatic carbocycles. The zero-order valence-corrected chi connectivity index (χ0v) is 11.6. The van der Waals surface area contributed by atoms with Crippen LogP contribution in [-0.4, -0.2) is 29.7 Å². The molecule has 0 unspecified atom stereocenters. The number of carbonyl (C=O) groups is 3. The summed E-state index contributed by atoms with van der Waals surface area (Å²) < 4.78 is 0. The second kappa shape index (κ2) is 7.89. The van der Waals surface area contributed by atoms with Gasteiger partial charge < -0.3 is 4.79 Å². The number of benzene rings is 1. The van der Waals surface area contributed by atoms with Gasteiger partial charge in [-0.25, -0.2) is 5.01 Å². The third-order valence-corrected chi connectivity index (χ3v) is 2.51. The molecule has 0 aliphatic rings. The van der Waals surface area contributed by atoms with Crippen molar-refractivity contribution in [1.29, 1.82) is 0 Å². The highest BCUT2D eigenvalue weighted by Gasteiger charge is 2.15. The fourth-order valence-electron chi connectivity index (χ4n) is 1.35. The monoisotopic (exact) mass is 274 g/mol. The molecule has 0 aliphatic carbocycles. The molecule has 106 valence electrons. The molecule has 0 aliphatic heterocycles. The lowest BCUT2D eigenvalue weighted by atomic mass is 10.2. The Hall–Kier alpha value is -2.43. The van der Waals surface area contributed by atoms with Crippen LogP contribution < -0.4 is 5.43 Å². The van der Waals surface area contributed by atoms with E-state index in [1.807, 2.05) is 30.3 Å². The van der Waals surface area contributed by atoms with E-state index in [1.54, 1.807) is 19.9 Å². The fraction of sp³-hybridized carbons (Fsp3) is 0.267. The molecule has 0 aromatic heterocycles. The van der Waals surface area contributed by atoms with Crippen molar-refractivity contribution < 1.29 is 14.4 Å². The van der Waals surface area contributed by atoms with Gasteiger partial charge in [-0.15, -0.1) is 0 Å². The van der Waals surface area contributed by atoms with Gasteiger partial charge in [0.15, 0.2) is 0 Å². The van der Waals surface area contributed by atoms with Gasteiger partial charge in [-0.2, -0.15) is 0 Å². The summed E-state index contributed by atoms with van der Waals surface area (Å²) in [5.41, 5.74) is 3.28. The van der Waals surface area contributed by atoms with Gasteiger partial charge in [0.25, 0.3) is 5.91 Å². The molecular weight excluding hydrogens is 256 g/mol. The second-order valence-electron chi connectivity index (χ2n) is 4.49. The third-order valence-electron chi connectivity index (χ3n) is 2.51. The molecule has 0 heterocycles. The predicted molar refractivity (Wildman–Crippen MR) is 76.2 cm³/mol. The van der Waals surface area contributed by atoms with Crippen molar-refractivity contribution in [3.8, 4) is 0 Å². The Bertz CT molecular complexity index is 495. The highest BCUT2D eigenvalue weighted by Crippen LogP contribution is 2.02. The maximum absolute atomic E-state index is 11.9. The van der Waals surface area contributed by atoms with Gasteiger partial charge in [-0.3, -0.25) is 15.0 Å². The van der Waals surface area contributed by atoms with E-state index in [4.69, 9.17) is 0 Å². The Kier molecular flexibility index (Phi) is 6.16. The van der Waals surface area contributed by atoms with Crippen LogP contribution in [0.1, 0.15) is 19.4 Å². The molecule has 0 atom stereocenters. The van der Waals surface area contributed by atoms with Crippen molar-refractivity contribution >= 4 is 24.2 Å². The van der Waals surface area contributed by atoms with Gasteiger partial charge >= 0.3 is 0 Å². The summed E-state index contributed by atoms with van der Waals surface area (Å²) in [6.45, 7) is 3.23. The number of nitrogens with zero attached hydrogens (tertiary/aromatic N) is 1. The lowest BCUT2D eigenvalue weighted by molar-refractivity contribution is -0.140. The van der Waals surface area contributed by atoms with Crippen molar-refractivity contribution in [1.82, 2.24) is 10.4 Å². The zero-order chi connectivity index (χ0) is 15.0. The minimum atomic E-state index is -0.449. The zero-order valence-electron chi connectivity index (χ0n) is 11.6. The first-order valence-corrected chi connectivity index (χ1v) is 6.33. The van der Waals surface area contributed by atoms with Crippen LogP contribution in [0.5, 0.6) is 0 Å². The van der Waals surface area contributed by atoms with Crippen LogP contribution >= 0.6 is 0 Å². The molecule has 1 N–H and O–H groups in total. The number of amides is 2. The fourth-order valence-corrected chi connectivity index (χ4v) is 1.35. The summed E-state index contributed by atoms with van der Waals surface area (Å²) in [4.78, 5) is 34.1. The van der Waals surface area contributed by atoms with E-state index in [1.165, 1.54) is 6.08 Å². The largest absolute Gasteiger partial charge is 0.301 e. The molecule has 2 amide bonds. The molecular formula is C15H18N2O3. The van der Waals surface area contributed by atoms with Crippen molar-refractivity contribution in [2.75, 3.05) is 6.54 Å². The normalized spacial score (nSPS) is 10.6. The number of carbonyl (C=O) groups excluding carboxylic acids is 3. The number of aldehydes is 1. The van der Waals surface area contributed by atoms with Crippen molar-refractivity contribution in [3.05, 3.63) is 42.0 Å². The molecule has 0 radical (unpaired) electrons. The number of hydrogen-bond donors (Lipinski definition) is 1. The van der Waals surface area contributed by atoms with Crippen LogP contribution in [0.4, 0.5) is 0 Å². The average molecular weight is 274 g/mol. The van der Waals surface area contributed by atoms with E-state index in [0.717, 1.165) is 10.6 Å². The number of hydrazine groups is 1. The molecule has 5 nitrogen and oxygen atoms in total. The molecule has 0 bridgehead atoms. The van der Waals surface area contributed by atoms with Crippen LogP contribution in [0, 0.1) is 5.92 Å². The Labute approximate surface area is 118 Å². The standard InChI is InChI=1S/C15H18N2O3/c1-12(2)15(20)16-17(10-11-18)14(19)9-8-13-6-4-3-5-7-13/h3-9,11-12H,10H2,1-2H3,(H,16,20)/b9-8+. The van der Waals surface area contributed by atoms with Crippen LogP contribution in [0.25, 0.3) is 6.08 Å². The smallest absolute Gasteiger partial charge is 0.265 e. The first-order chi connectivity index (χ1) is 9.54. The molecule has 1 aromatic rings. The summed E-state index contributed by atoms with van der Waals surface area (Å²) in [5.74, 6) is -1.03. The quantitative estimate of drug-likeness (QED) is 0.501. The van der Waals surface area contributed by atoms with Gasteiger partial charge in [-0.05, 0) is 11.6 Å². The molecule has 0 fully saturated rings. The first kappa shape index (κ1) is 15.6. The van der Waals surface area contributed by atoms with E-state index in [0.29, 0.717) is 6.29 Å². The molecule has 0 spiro atoms. The Balaban J connectivity index is 2.71. The van der Waals surface area contributed by atoms with E-state index in [-0.39, 0.29) is 18.4 Å².